The Kier molecular flexibility index (Phi) is 78.2. The molecule has 0 saturated carbocycles. The van der Waals surface area contributed by atoms with Crippen LogP contribution in [0.4, 0.5) is 0 Å². The third-order valence-corrected chi connectivity index (χ3v) is 19.7. The quantitative estimate of drug-likeness (QED) is 0.0169. The van der Waals surface area contributed by atoms with Crippen molar-refractivity contribution >= 4 is 39.5 Å². The lowest BCUT2D eigenvalue weighted by molar-refractivity contribution is -0.161. The molecule has 0 aliphatic carbocycles. The number of hydrogen-bond acceptors (Lipinski definition) is 15. The molecule has 110 heavy (non-hydrogen) atoms. The van der Waals surface area contributed by atoms with Gasteiger partial charge in [0.05, 0.1) is 26.4 Å². The molecule has 0 saturated heterocycles. The lowest BCUT2D eigenvalue weighted by atomic mass is 10.0. The summed E-state index contributed by atoms with van der Waals surface area (Å²) >= 11 is 0. The van der Waals surface area contributed by atoms with E-state index in [0.29, 0.717) is 25.7 Å². The van der Waals surface area contributed by atoms with E-state index in [9.17, 15) is 43.2 Å². The third-order valence-electron chi connectivity index (χ3n) is 17.8. The molecule has 0 heterocycles. The first-order chi connectivity index (χ1) is 53.7. The van der Waals surface area contributed by atoms with Gasteiger partial charge in [-0.1, -0.05) is 328 Å². The Morgan fingerprint density at radius 2 is 0.473 bits per heavy atom. The summed E-state index contributed by atoms with van der Waals surface area (Å²) in [4.78, 5) is 73.3. The van der Waals surface area contributed by atoms with E-state index >= 15 is 0 Å². The van der Waals surface area contributed by atoms with Gasteiger partial charge in [-0.05, 0) is 141 Å². The van der Waals surface area contributed by atoms with Crippen molar-refractivity contribution in [3.8, 4) is 0 Å². The Bertz CT molecular complexity index is 2650. The maximum Gasteiger partial charge on any atom is 0.472 e. The maximum atomic E-state index is 13.2. The Balaban J connectivity index is 5.39. The fourth-order valence-corrected chi connectivity index (χ4v) is 13.0. The number of allylic oxidation sites excluding steroid dienone is 24. The zero-order valence-corrected chi connectivity index (χ0v) is 70.9. The Hall–Kier alpha value is -5.06. The molecular weight excluding hydrogens is 1430 g/mol. The van der Waals surface area contributed by atoms with Gasteiger partial charge in [0.1, 0.15) is 19.3 Å². The minimum absolute atomic E-state index is 0.0718. The zero-order valence-electron chi connectivity index (χ0n) is 69.1. The number of hydrogen-bond donors (Lipinski definition) is 3. The van der Waals surface area contributed by atoms with Gasteiger partial charge in [0, 0.05) is 25.7 Å². The molecule has 0 bridgehead atoms. The van der Waals surface area contributed by atoms with Crippen molar-refractivity contribution in [2.24, 2.45) is 0 Å². The summed E-state index contributed by atoms with van der Waals surface area (Å²) in [6.07, 6.45) is 95.1. The molecule has 0 aromatic heterocycles. The number of unbranched alkanes of at least 4 members (excludes halogenated alkanes) is 30. The molecule has 0 amide bonds. The summed E-state index contributed by atoms with van der Waals surface area (Å²) in [7, 11) is -9.98. The molecule has 0 fully saturated rings. The SMILES string of the molecule is CC/C=C\C/C=C\C/C=C\C/C=C\CCCCCCCCC(=O)OCC(COP(=O)(O)OCC(O)COP(=O)(O)OCC(COC(=O)CCCCCCCC/C=C\C/C=C\C/C=C\C/C=C\CC)OC(=O)CCCCCCCCCCCCCCC)OC(=O)CCCCCCCC/C=C\C/C=C\C/C=C\C/C=C\CC. The molecule has 630 valence electrons. The van der Waals surface area contributed by atoms with E-state index in [1.165, 1.54) is 51.4 Å². The second-order valence-electron chi connectivity index (χ2n) is 28.3. The van der Waals surface area contributed by atoms with Gasteiger partial charge in [-0.3, -0.25) is 37.3 Å². The predicted octanol–water partition coefficient (Wildman–Crippen LogP) is 25.8. The van der Waals surface area contributed by atoms with Crippen LogP contribution in [0.1, 0.15) is 349 Å². The first-order valence-electron chi connectivity index (χ1n) is 43.1. The van der Waals surface area contributed by atoms with E-state index in [-0.39, 0.29) is 25.7 Å². The van der Waals surface area contributed by atoms with Crippen LogP contribution in [0.3, 0.4) is 0 Å². The minimum atomic E-state index is -4.99. The van der Waals surface area contributed by atoms with Gasteiger partial charge in [0.15, 0.2) is 12.2 Å². The summed E-state index contributed by atoms with van der Waals surface area (Å²) in [6, 6.07) is 0. The molecule has 0 aliphatic rings. The lowest BCUT2D eigenvalue weighted by Gasteiger charge is -2.21. The number of carbonyl (C=O) groups excluding carboxylic acids is 4. The molecule has 0 spiro atoms. The maximum absolute atomic E-state index is 13.2. The van der Waals surface area contributed by atoms with Crippen molar-refractivity contribution < 1.29 is 80.2 Å². The van der Waals surface area contributed by atoms with Crippen LogP contribution in [0.2, 0.25) is 0 Å². The molecule has 3 N–H and O–H groups in total. The number of phosphoric acid groups is 2. The van der Waals surface area contributed by atoms with Gasteiger partial charge >= 0.3 is 39.5 Å². The first kappa shape index (κ1) is 105. The van der Waals surface area contributed by atoms with Crippen LogP contribution < -0.4 is 0 Å². The van der Waals surface area contributed by atoms with Gasteiger partial charge in [0.2, 0.25) is 0 Å². The van der Waals surface area contributed by atoms with E-state index in [4.69, 9.17) is 37.0 Å². The van der Waals surface area contributed by atoms with E-state index in [1.54, 1.807) is 0 Å². The highest BCUT2D eigenvalue weighted by atomic mass is 31.2. The highest BCUT2D eigenvalue weighted by molar-refractivity contribution is 7.47. The highest BCUT2D eigenvalue weighted by Gasteiger charge is 2.30. The molecule has 0 rings (SSSR count). The Morgan fingerprint density at radius 1 is 0.264 bits per heavy atom. The first-order valence-corrected chi connectivity index (χ1v) is 46.1. The van der Waals surface area contributed by atoms with Gasteiger partial charge < -0.3 is 33.8 Å². The van der Waals surface area contributed by atoms with E-state index < -0.39 is 97.5 Å². The van der Waals surface area contributed by atoms with Crippen molar-refractivity contribution in [3.63, 3.8) is 0 Å². The summed E-state index contributed by atoms with van der Waals surface area (Å²) in [5.74, 6) is -2.21. The van der Waals surface area contributed by atoms with Gasteiger partial charge in [-0.15, -0.1) is 0 Å². The monoisotopic (exact) mass is 1580 g/mol. The van der Waals surface area contributed by atoms with Crippen molar-refractivity contribution in [3.05, 3.63) is 146 Å². The summed E-state index contributed by atoms with van der Waals surface area (Å²) in [6.45, 7) is 4.54. The lowest BCUT2D eigenvalue weighted by Crippen LogP contribution is -2.30. The summed E-state index contributed by atoms with van der Waals surface area (Å²) < 4.78 is 68.8. The van der Waals surface area contributed by atoms with Crippen LogP contribution in [0.5, 0.6) is 0 Å². The summed E-state index contributed by atoms with van der Waals surface area (Å²) in [5.41, 5.74) is 0. The fraction of sp³-hybridized carbons (Fsp3) is 0.692. The second-order valence-corrected chi connectivity index (χ2v) is 31.2. The molecule has 0 radical (unpaired) electrons. The second kappa shape index (κ2) is 81.9. The van der Waals surface area contributed by atoms with Crippen molar-refractivity contribution in [2.75, 3.05) is 39.6 Å². The number of esters is 4. The molecule has 0 aliphatic heterocycles. The molecular formula is C91H154O17P2. The largest absolute Gasteiger partial charge is 0.472 e. The molecule has 0 aromatic carbocycles. The fourth-order valence-electron chi connectivity index (χ4n) is 11.4. The molecule has 5 atom stereocenters. The van der Waals surface area contributed by atoms with Crippen LogP contribution in [0.15, 0.2) is 146 Å². The van der Waals surface area contributed by atoms with Gasteiger partial charge in [-0.25, -0.2) is 9.13 Å². The molecule has 19 heteroatoms. The standard InChI is InChI=1S/C91H154O17P2/c1-5-9-13-17-21-25-29-33-36-39-42-45-48-52-55-59-63-67-71-75-88(93)101-81-86(107-90(95)77-73-69-65-61-57-51-32-28-24-20-16-12-8-4)83-105-109(97,98)103-79-85(92)80-104-110(99,100)106-84-87(108-91(96)78-74-70-66-62-58-54-50-47-44-41-38-35-31-27-23-19-15-11-7-3)82-102-89(94)76-72-68-64-60-56-53-49-46-43-40-37-34-30-26-22-18-14-10-6-2/h9-11,13-15,21-23,25-27,33-38,42-47,85-87,92H,5-8,12,16-20,24,28-32,39-41,48-84H2,1-4H3,(H,97,98)(H,99,100)/b13-9-,14-10-,15-11-,25-21-,26-22-,27-23-,36-33-,37-34-,38-35-,45-42-,46-43-,47-44-. The van der Waals surface area contributed by atoms with E-state index in [2.05, 4.69) is 174 Å². The predicted molar refractivity (Wildman–Crippen MR) is 454 cm³/mol. The van der Waals surface area contributed by atoms with Crippen LogP contribution >= 0.6 is 15.6 Å². The van der Waals surface area contributed by atoms with E-state index in [0.717, 1.165) is 218 Å². The number of phosphoric ester groups is 2. The third kappa shape index (κ3) is 81.0. The van der Waals surface area contributed by atoms with Crippen molar-refractivity contribution in [2.45, 2.75) is 367 Å². The van der Waals surface area contributed by atoms with E-state index in [1.807, 2.05) is 0 Å². The number of ether oxygens (including phenoxy) is 4. The Labute approximate surface area is 668 Å². The molecule has 0 aromatic rings. The van der Waals surface area contributed by atoms with Gasteiger partial charge in [-0.2, -0.15) is 0 Å². The number of carbonyl (C=O) groups is 4. The zero-order chi connectivity index (χ0) is 80.3. The minimum Gasteiger partial charge on any atom is -0.462 e. The number of aliphatic hydroxyl groups is 1. The van der Waals surface area contributed by atoms with Crippen molar-refractivity contribution in [1.29, 1.82) is 0 Å². The number of aliphatic hydroxyl groups excluding tert-OH is 1. The van der Waals surface area contributed by atoms with Crippen molar-refractivity contribution in [1.82, 2.24) is 0 Å². The molecule has 5 unspecified atom stereocenters. The Morgan fingerprint density at radius 3 is 0.727 bits per heavy atom. The van der Waals surface area contributed by atoms with Crippen LogP contribution in [-0.2, 0) is 65.4 Å². The van der Waals surface area contributed by atoms with Crippen LogP contribution in [0, 0.1) is 0 Å². The van der Waals surface area contributed by atoms with Crippen LogP contribution in [0.25, 0.3) is 0 Å². The average molecular weight is 1580 g/mol. The molecule has 17 nitrogen and oxygen atoms in total. The average Bonchev–Trinajstić information content (AvgIpc) is 0.900. The van der Waals surface area contributed by atoms with Gasteiger partial charge in [0.25, 0.3) is 0 Å². The normalized spacial score (nSPS) is 14.5. The van der Waals surface area contributed by atoms with Crippen LogP contribution in [-0.4, -0.2) is 96.7 Å². The topological polar surface area (TPSA) is 237 Å². The summed E-state index contributed by atoms with van der Waals surface area (Å²) in [5, 5.41) is 10.7. The highest BCUT2D eigenvalue weighted by Crippen LogP contribution is 2.45. The smallest absolute Gasteiger partial charge is 0.462 e. The number of rotatable bonds is 80.